The number of fused-ring (bicyclic) bond motifs is 2. The van der Waals surface area contributed by atoms with Gasteiger partial charge >= 0.3 is 5.97 Å². The Balaban J connectivity index is 1.54. The van der Waals surface area contributed by atoms with Gasteiger partial charge in [-0.25, -0.2) is 0 Å². The number of rotatable bonds is 5. The van der Waals surface area contributed by atoms with Gasteiger partial charge in [-0.1, -0.05) is 18.2 Å². The lowest BCUT2D eigenvalue weighted by atomic mass is 10.0. The van der Waals surface area contributed by atoms with Gasteiger partial charge in [0.25, 0.3) is 5.91 Å². The highest BCUT2D eigenvalue weighted by atomic mass is 16.5. The number of anilines is 1. The second-order valence-corrected chi connectivity index (χ2v) is 6.44. The highest BCUT2D eigenvalue weighted by Crippen LogP contribution is 2.34. The zero-order valence-electron chi connectivity index (χ0n) is 14.4. The van der Waals surface area contributed by atoms with E-state index in [1.165, 1.54) is 0 Å². The molecule has 138 valence electrons. The molecular weight excluding hydrogens is 348 g/mol. The lowest BCUT2D eigenvalue weighted by molar-refractivity contribution is -0.137. The van der Waals surface area contributed by atoms with Crippen molar-refractivity contribution in [1.82, 2.24) is 4.57 Å². The van der Waals surface area contributed by atoms with E-state index in [1.54, 1.807) is 47.2 Å². The third-order valence-electron chi connectivity index (χ3n) is 4.63. The molecule has 0 saturated carbocycles. The van der Waals surface area contributed by atoms with Crippen LogP contribution >= 0.6 is 0 Å². The Bertz CT molecular complexity index is 1040. The molecule has 1 aliphatic heterocycles. The molecular formula is C20H18N2O5. The number of aliphatic hydroxyl groups excluding tert-OH is 1. The Labute approximate surface area is 154 Å². The number of hydrogen-bond donors (Lipinski definition) is 3. The molecule has 1 aromatic heterocycles. The molecule has 0 bridgehead atoms. The summed E-state index contributed by atoms with van der Waals surface area (Å²) in [6.45, 7) is 0.414. The number of nitrogens with one attached hydrogen (secondary N) is 1. The minimum absolute atomic E-state index is 0.132. The first-order chi connectivity index (χ1) is 13.0. The molecule has 1 unspecified atom stereocenters. The molecule has 0 radical (unpaired) electrons. The zero-order valence-corrected chi connectivity index (χ0v) is 14.4. The molecule has 27 heavy (non-hydrogen) atoms. The van der Waals surface area contributed by atoms with Gasteiger partial charge in [-0.3, -0.25) is 9.59 Å². The van der Waals surface area contributed by atoms with Crippen molar-refractivity contribution in [3.05, 3.63) is 59.8 Å². The molecule has 0 saturated heterocycles. The van der Waals surface area contributed by atoms with Gasteiger partial charge in [0.15, 0.2) is 6.10 Å². The van der Waals surface area contributed by atoms with Crippen LogP contribution in [0.25, 0.3) is 10.9 Å². The van der Waals surface area contributed by atoms with Crippen LogP contribution in [0.15, 0.2) is 48.7 Å². The van der Waals surface area contributed by atoms with Crippen molar-refractivity contribution in [2.75, 3.05) is 11.9 Å². The third-order valence-corrected chi connectivity index (χ3v) is 4.63. The summed E-state index contributed by atoms with van der Waals surface area (Å²) in [7, 11) is 0. The largest absolute Gasteiger partial charge is 0.493 e. The van der Waals surface area contributed by atoms with E-state index in [0.29, 0.717) is 23.6 Å². The molecule has 1 atom stereocenters. The maximum Gasteiger partial charge on any atom is 0.323 e. The van der Waals surface area contributed by atoms with Crippen molar-refractivity contribution >= 4 is 28.5 Å². The van der Waals surface area contributed by atoms with Crippen LogP contribution in [0, 0.1) is 0 Å². The molecule has 2 heterocycles. The minimum Gasteiger partial charge on any atom is -0.493 e. The average Bonchev–Trinajstić information content (AvgIpc) is 3.27. The van der Waals surface area contributed by atoms with E-state index in [2.05, 4.69) is 5.32 Å². The molecule has 3 aromatic rings. The van der Waals surface area contributed by atoms with E-state index in [9.17, 15) is 14.7 Å². The maximum atomic E-state index is 12.5. The predicted molar refractivity (Wildman–Crippen MR) is 98.8 cm³/mol. The fourth-order valence-electron chi connectivity index (χ4n) is 3.37. The van der Waals surface area contributed by atoms with Gasteiger partial charge in [-0.15, -0.1) is 0 Å². The standard InChI is InChI=1S/C20H18N2O5/c23-17(24)11-22-8-6-13-10-14(4-5-16(13)22)21-20(26)18(25)15-3-1-2-12-7-9-27-19(12)15/h1-6,8,10,18,25H,7,9,11H2,(H,21,26)(H,23,24). The van der Waals surface area contributed by atoms with E-state index < -0.39 is 18.0 Å². The molecule has 7 nitrogen and oxygen atoms in total. The van der Waals surface area contributed by atoms with Gasteiger partial charge in [-0.2, -0.15) is 0 Å². The van der Waals surface area contributed by atoms with E-state index >= 15 is 0 Å². The Morgan fingerprint density at radius 1 is 1.22 bits per heavy atom. The van der Waals surface area contributed by atoms with E-state index in [-0.39, 0.29) is 6.54 Å². The smallest absolute Gasteiger partial charge is 0.323 e. The number of carbonyl (C=O) groups is 2. The van der Waals surface area contributed by atoms with Gasteiger partial charge < -0.3 is 24.8 Å². The SMILES string of the molecule is O=C(O)Cn1ccc2cc(NC(=O)C(O)c3cccc4c3OCC4)ccc21. The quantitative estimate of drug-likeness (QED) is 0.643. The lowest BCUT2D eigenvalue weighted by Gasteiger charge is -2.15. The molecule has 0 spiro atoms. The van der Waals surface area contributed by atoms with Gasteiger partial charge in [0.1, 0.15) is 12.3 Å². The topological polar surface area (TPSA) is 101 Å². The first-order valence-corrected chi connectivity index (χ1v) is 8.57. The molecule has 1 amide bonds. The lowest BCUT2D eigenvalue weighted by Crippen LogP contribution is -2.21. The van der Waals surface area contributed by atoms with Crippen molar-refractivity contribution < 1.29 is 24.5 Å². The Kier molecular flexibility index (Phi) is 4.29. The van der Waals surface area contributed by atoms with E-state index in [0.717, 1.165) is 22.9 Å². The molecule has 3 N–H and O–H groups in total. The number of carboxylic acid groups (broad SMARTS) is 1. The predicted octanol–water partition coefficient (Wildman–Crippen LogP) is 2.33. The van der Waals surface area contributed by atoms with Gasteiger partial charge in [0.05, 0.1) is 6.61 Å². The second-order valence-electron chi connectivity index (χ2n) is 6.44. The second kappa shape index (κ2) is 6.77. The molecule has 2 aromatic carbocycles. The normalized spacial score (nSPS) is 13.8. The number of aliphatic hydroxyl groups is 1. The summed E-state index contributed by atoms with van der Waals surface area (Å²) >= 11 is 0. The highest BCUT2D eigenvalue weighted by molar-refractivity contribution is 5.97. The van der Waals surface area contributed by atoms with Crippen LogP contribution in [0.5, 0.6) is 5.75 Å². The van der Waals surface area contributed by atoms with Gasteiger partial charge in [-0.05, 0) is 29.8 Å². The first kappa shape index (κ1) is 17.1. The summed E-state index contributed by atoms with van der Waals surface area (Å²) in [5.74, 6) is -0.893. The molecule has 7 heteroatoms. The van der Waals surface area contributed by atoms with Crippen LogP contribution in [-0.2, 0) is 22.6 Å². The van der Waals surface area contributed by atoms with Crippen LogP contribution < -0.4 is 10.1 Å². The van der Waals surface area contributed by atoms with Crippen molar-refractivity contribution in [1.29, 1.82) is 0 Å². The van der Waals surface area contributed by atoms with Crippen molar-refractivity contribution in [2.24, 2.45) is 0 Å². The summed E-state index contributed by atoms with van der Waals surface area (Å²) in [6.07, 6.45) is 1.11. The number of aliphatic carboxylic acids is 1. The van der Waals surface area contributed by atoms with Crippen LogP contribution in [-0.4, -0.2) is 33.3 Å². The highest BCUT2D eigenvalue weighted by Gasteiger charge is 2.25. The third kappa shape index (κ3) is 3.24. The van der Waals surface area contributed by atoms with Crippen LogP contribution in [0.3, 0.4) is 0 Å². The fraction of sp³-hybridized carbons (Fsp3) is 0.200. The molecule has 1 aliphatic rings. The van der Waals surface area contributed by atoms with E-state index in [4.69, 9.17) is 9.84 Å². The number of carbonyl (C=O) groups excluding carboxylic acids is 1. The van der Waals surface area contributed by atoms with Crippen LogP contribution in [0.4, 0.5) is 5.69 Å². The average molecular weight is 366 g/mol. The van der Waals surface area contributed by atoms with Crippen molar-refractivity contribution in [3.63, 3.8) is 0 Å². The number of carboxylic acids is 1. The summed E-state index contributed by atoms with van der Waals surface area (Å²) in [4.78, 5) is 23.4. The monoisotopic (exact) mass is 366 g/mol. The number of nitrogens with zero attached hydrogens (tertiary/aromatic N) is 1. The Morgan fingerprint density at radius 3 is 2.89 bits per heavy atom. The summed E-state index contributed by atoms with van der Waals surface area (Å²) in [5, 5.41) is 22.9. The summed E-state index contributed by atoms with van der Waals surface area (Å²) in [6, 6.07) is 12.3. The molecule has 4 rings (SSSR count). The maximum absolute atomic E-state index is 12.5. The number of para-hydroxylation sites is 1. The van der Waals surface area contributed by atoms with E-state index in [1.807, 2.05) is 6.07 Å². The zero-order chi connectivity index (χ0) is 19.0. The number of ether oxygens (including phenoxy) is 1. The number of benzene rings is 2. The molecule has 0 fully saturated rings. The van der Waals surface area contributed by atoms with Gasteiger partial charge in [0, 0.05) is 34.8 Å². The summed E-state index contributed by atoms with van der Waals surface area (Å²) in [5.41, 5.74) is 2.72. The fourth-order valence-corrected chi connectivity index (χ4v) is 3.37. The number of aromatic nitrogens is 1. The number of amides is 1. The summed E-state index contributed by atoms with van der Waals surface area (Å²) < 4.78 is 7.17. The Hall–Kier alpha value is -3.32. The van der Waals surface area contributed by atoms with Crippen LogP contribution in [0.2, 0.25) is 0 Å². The van der Waals surface area contributed by atoms with Crippen molar-refractivity contribution in [3.8, 4) is 5.75 Å². The minimum atomic E-state index is -1.34. The van der Waals surface area contributed by atoms with Gasteiger partial charge in [0.2, 0.25) is 0 Å². The van der Waals surface area contributed by atoms with Crippen molar-refractivity contribution in [2.45, 2.75) is 19.1 Å². The number of hydrogen-bond acceptors (Lipinski definition) is 4. The molecule has 0 aliphatic carbocycles. The van der Waals surface area contributed by atoms with Crippen LogP contribution in [0.1, 0.15) is 17.2 Å². The first-order valence-electron chi connectivity index (χ1n) is 8.57. The Morgan fingerprint density at radius 2 is 2.07 bits per heavy atom.